The fraction of sp³-hybridized carbons (Fsp3) is 1.00. The summed E-state index contributed by atoms with van der Waals surface area (Å²) in [6.07, 6.45) is -4.41. The molecule has 4 nitrogen and oxygen atoms in total. The normalized spacial score (nSPS) is 14.1. The predicted molar refractivity (Wildman–Crippen MR) is 52.6 cm³/mol. The summed E-state index contributed by atoms with van der Waals surface area (Å²) in [5.41, 5.74) is 0. The van der Waals surface area contributed by atoms with E-state index in [9.17, 15) is 13.2 Å². The summed E-state index contributed by atoms with van der Waals surface area (Å²) in [5.74, 6) is 0. The van der Waals surface area contributed by atoms with Gasteiger partial charge >= 0.3 is 98.8 Å². The average molecular weight is 362 g/mol. The van der Waals surface area contributed by atoms with E-state index in [4.69, 9.17) is 12.4 Å². The average Bonchev–Trinajstić information content (AvgIpc) is 2.15. The van der Waals surface area contributed by atoms with Crippen LogP contribution < -0.4 is 0 Å². The van der Waals surface area contributed by atoms with Gasteiger partial charge in [0.05, 0.1) is 0 Å². The van der Waals surface area contributed by atoms with Gasteiger partial charge in [-0.05, 0) is 0 Å². The number of halogens is 3. The molecule has 0 N–H and O–H groups in total. The van der Waals surface area contributed by atoms with Gasteiger partial charge in [-0.15, -0.1) is 0 Å². The molecule has 0 saturated carbocycles. The molecular formula is C8H17F3O4Te. The Morgan fingerprint density at radius 3 is 1.44 bits per heavy atom. The molecule has 0 amide bonds. The van der Waals surface area contributed by atoms with Crippen molar-refractivity contribution in [1.29, 1.82) is 0 Å². The van der Waals surface area contributed by atoms with Crippen LogP contribution in [0.5, 0.6) is 0 Å². The monoisotopic (exact) mass is 364 g/mol. The van der Waals surface area contributed by atoms with E-state index in [1.165, 1.54) is 0 Å². The maximum absolute atomic E-state index is 12.0. The van der Waals surface area contributed by atoms with E-state index in [1.54, 1.807) is 20.8 Å². The zero-order chi connectivity index (χ0) is 12.7. The summed E-state index contributed by atoms with van der Waals surface area (Å²) in [4.78, 5) is 0. The van der Waals surface area contributed by atoms with Gasteiger partial charge in [-0.1, -0.05) is 0 Å². The fourth-order valence-electron chi connectivity index (χ4n) is 0.776. The first-order chi connectivity index (χ1) is 7.39. The van der Waals surface area contributed by atoms with Crippen LogP contribution in [0.3, 0.4) is 0 Å². The van der Waals surface area contributed by atoms with Crippen LogP contribution in [0.25, 0.3) is 0 Å². The van der Waals surface area contributed by atoms with Crippen LogP contribution in [0, 0.1) is 0 Å². The molecule has 0 aliphatic carbocycles. The molecule has 0 saturated heterocycles. The van der Waals surface area contributed by atoms with Crippen molar-refractivity contribution in [3.8, 4) is 0 Å². The van der Waals surface area contributed by atoms with E-state index in [2.05, 4.69) is 0 Å². The molecule has 0 rings (SSSR count). The van der Waals surface area contributed by atoms with Gasteiger partial charge in [0.1, 0.15) is 0 Å². The Morgan fingerprint density at radius 1 is 0.812 bits per heavy atom. The van der Waals surface area contributed by atoms with Crippen molar-refractivity contribution < 1.29 is 25.6 Å². The van der Waals surface area contributed by atoms with Crippen LogP contribution in [0.1, 0.15) is 20.8 Å². The van der Waals surface area contributed by atoms with Crippen LogP contribution in [-0.2, 0) is 12.4 Å². The molecule has 0 radical (unpaired) electrons. The van der Waals surface area contributed by atoms with Crippen molar-refractivity contribution in [2.24, 2.45) is 0 Å². The SMILES string of the molecule is CCO[Te](OCC)(OCC)OCC(F)(F)F. The van der Waals surface area contributed by atoms with Crippen molar-refractivity contribution in [1.82, 2.24) is 0 Å². The quantitative estimate of drug-likeness (QED) is 0.620. The molecule has 0 aliphatic rings. The Hall–Kier alpha value is 0.420. The molecule has 0 spiro atoms. The molecule has 0 aromatic carbocycles. The molecule has 0 atom stereocenters. The third kappa shape index (κ3) is 6.89. The third-order valence-corrected chi connectivity index (χ3v) is 6.80. The van der Waals surface area contributed by atoms with Gasteiger partial charge in [-0.3, -0.25) is 0 Å². The van der Waals surface area contributed by atoms with E-state index in [1.807, 2.05) is 0 Å². The van der Waals surface area contributed by atoms with Gasteiger partial charge in [0, 0.05) is 0 Å². The molecule has 0 unspecified atom stereocenters. The molecule has 0 aliphatic heterocycles. The zero-order valence-corrected chi connectivity index (χ0v) is 11.8. The van der Waals surface area contributed by atoms with E-state index in [-0.39, 0.29) is 19.8 Å². The van der Waals surface area contributed by atoms with Crippen molar-refractivity contribution in [3.63, 3.8) is 0 Å². The topological polar surface area (TPSA) is 36.9 Å². The third-order valence-electron chi connectivity index (χ3n) is 1.15. The minimum absolute atomic E-state index is 0.193. The number of alkyl halides is 3. The molecule has 16 heavy (non-hydrogen) atoms. The van der Waals surface area contributed by atoms with E-state index < -0.39 is 32.6 Å². The van der Waals surface area contributed by atoms with E-state index in [0.717, 1.165) is 0 Å². The van der Waals surface area contributed by atoms with E-state index in [0.29, 0.717) is 0 Å². The Morgan fingerprint density at radius 2 is 1.19 bits per heavy atom. The second-order valence-electron chi connectivity index (χ2n) is 2.51. The zero-order valence-electron chi connectivity index (χ0n) is 9.50. The van der Waals surface area contributed by atoms with Crippen molar-refractivity contribution >= 4 is 19.8 Å². The van der Waals surface area contributed by atoms with Gasteiger partial charge in [0.15, 0.2) is 0 Å². The van der Waals surface area contributed by atoms with Crippen molar-refractivity contribution in [2.75, 3.05) is 26.4 Å². The summed E-state index contributed by atoms with van der Waals surface area (Å²) in [7, 11) is 0. The summed E-state index contributed by atoms with van der Waals surface area (Å²) in [6, 6.07) is 0. The summed E-state index contributed by atoms with van der Waals surface area (Å²) < 4.78 is 56.2. The van der Waals surface area contributed by atoms with Crippen molar-refractivity contribution in [3.05, 3.63) is 0 Å². The molecule has 100 valence electrons. The number of hydrogen-bond donors (Lipinski definition) is 0. The van der Waals surface area contributed by atoms with Gasteiger partial charge < -0.3 is 0 Å². The van der Waals surface area contributed by atoms with Gasteiger partial charge in [0.2, 0.25) is 0 Å². The summed E-state index contributed by atoms with van der Waals surface area (Å²) >= 11 is -4.20. The fourth-order valence-corrected chi connectivity index (χ4v) is 5.21. The summed E-state index contributed by atoms with van der Waals surface area (Å²) in [6.45, 7) is 4.12. The van der Waals surface area contributed by atoms with Crippen LogP contribution in [-0.4, -0.2) is 52.4 Å². The number of rotatable bonds is 8. The minimum atomic E-state index is -4.41. The summed E-state index contributed by atoms with van der Waals surface area (Å²) in [5, 5.41) is 0. The van der Waals surface area contributed by atoms with Crippen LogP contribution >= 0.6 is 0 Å². The van der Waals surface area contributed by atoms with Crippen LogP contribution in [0.15, 0.2) is 0 Å². The molecule has 0 heterocycles. The first kappa shape index (κ1) is 16.4. The van der Waals surface area contributed by atoms with Gasteiger partial charge in [-0.25, -0.2) is 0 Å². The standard InChI is InChI=1S/C8H17F3O4Te/c1-4-12-16(13-5-2,14-6-3)15-7-8(9,10)11/h4-7H2,1-3H3. The van der Waals surface area contributed by atoms with Crippen LogP contribution in [0.4, 0.5) is 13.2 Å². The van der Waals surface area contributed by atoms with E-state index >= 15 is 0 Å². The van der Waals surface area contributed by atoms with Gasteiger partial charge in [-0.2, -0.15) is 0 Å². The van der Waals surface area contributed by atoms with Crippen molar-refractivity contribution in [2.45, 2.75) is 26.9 Å². The second-order valence-corrected chi connectivity index (χ2v) is 7.53. The molecule has 8 heteroatoms. The van der Waals surface area contributed by atoms with Crippen LogP contribution in [0.2, 0.25) is 0 Å². The Bertz CT molecular complexity index is 172. The molecule has 0 bridgehead atoms. The Balaban J connectivity index is 4.46. The molecule has 0 fully saturated rings. The first-order valence-electron chi connectivity index (χ1n) is 4.86. The Labute approximate surface area is 99.0 Å². The first-order valence-corrected chi connectivity index (χ1v) is 8.67. The maximum atomic E-state index is 12.0. The molecule has 0 aromatic heterocycles. The number of hydrogen-bond acceptors (Lipinski definition) is 4. The Kier molecular flexibility index (Phi) is 7.89. The second kappa shape index (κ2) is 7.69. The molecule has 0 aromatic rings. The predicted octanol–water partition coefficient (Wildman–Crippen LogP) is 2.11. The molecular weight excluding hydrogens is 345 g/mol. The van der Waals surface area contributed by atoms with Gasteiger partial charge in [0.25, 0.3) is 0 Å².